The minimum atomic E-state index is -0.500. The molecule has 0 atom stereocenters. The lowest BCUT2D eigenvalue weighted by molar-refractivity contribution is -0.136. The van der Waals surface area contributed by atoms with Crippen LogP contribution in [0.5, 0.6) is 5.75 Å². The number of allylic oxidation sites excluding steroid dienone is 1. The van der Waals surface area contributed by atoms with Gasteiger partial charge < -0.3 is 14.4 Å². The van der Waals surface area contributed by atoms with Crippen molar-refractivity contribution < 1.29 is 19.1 Å². The number of methoxy groups -OCH3 is 1. The third-order valence-electron chi connectivity index (χ3n) is 3.87. The van der Waals surface area contributed by atoms with Crippen LogP contribution in [-0.2, 0) is 14.3 Å². The molecule has 1 aromatic rings. The van der Waals surface area contributed by atoms with Crippen LogP contribution in [0, 0.1) is 0 Å². The molecule has 0 aliphatic carbocycles. The fourth-order valence-corrected chi connectivity index (χ4v) is 2.76. The van der Waals surface area contributed by atoms with Gasteiger partial charge in [-0.3, -0.25) is 4.79 Å². The zero-order valence-corrected chi connectivity index (χ0v) is 14.6. The van der Waals surface area contributed by atoms with Crippen LogP contribution in [0.4, 0.5) is 0 Å². The molecule has 24 heavy (non-hydrogen) atoms. The van der Waals surface area contributed by atoms with Gasteiger partial charge in [-0.05, 0) is 32.4 Å². The largest absolute Gasteiger partial charge is 0.493 e. The lowest BCUT2D eigenvalue weighted by Crippen LogP contribution is -2.25. The number of hydrogen-bond acceptors (Lipinski definition) is 4. The Morgan fingerprint density at radius 1 is 1.25 bits per heavy atom. The second-order valence-corrected chi connectivity index (χ2v) is 5.44. The van der Waals surface area contributed by atoms with Crippen LogP contribution in [0.25, 0.3) is 6.08 Å². The molecule has 0 saturated carbocycles. The first kappa shape index (κ1) is 17.8. The van der Waals surface area contributed by atoms with E-state index in [1.165, 1.54) is 7.11 Å². The molecule has 0 spiro atoms. The van der Waals surface area contributed by atoms with Gasteiger partial charge in [0.05, 0.1) is 24.9 Å². The first-order valence-electron chi connectivity index (χ1n) is 8.10. The highest BCUT2D eigenvalue weighted by Crippen LogP contribution is 2.33. The summed E-state index contributed by atoms with van der Waals surface area (Å²) in [4.78, 5) is 26.6. The molecule has 0 N–H and O–H groups in total. The van der Waals surface area contributed by atoms with Crippen LogP contribution in [0.15, 0.2) is 41.1 Å². The second-order valence-electron chi connectivity index (χ2n) is 5.44. The van der Waals surface area contributed by atoms with E-state index in [4.69, 9.17) is 9.47 Å². The number of hydrogen-bond donors (Lipinski definition) is 0. The summed E-state index contributed by atoms with van der Waals surface area (Å²) in [6, 6.07) is 7.44. The molecule has 5 nitrogen and oxygen atoms in total. The summed E-state index contributed by atoms with van der Waals surface area (Å²) in [7, 11) is 1.32. The maximum absolute atomic E-state index is 12.8. The molecule has 1 aromatic carbocycles. The Bertz CT molecular complexity index is 703. The smallest absolute Gasteiger partial charge is 0.340 e. The van der Waals surface area contributed by atoms with E-state index in [-0.39, 0.29) is 5.91 Å². The monoisotopic (exact) mass is 329 g/mol. The van der Waals surface area contributed by atoms with E-state index in [9.17, 15) is 9.59 Å². The standard InChI is InChI=1S/C19H23NO4/c1-5-11-20-13(3)17(19(22)23-4)15(18(20)21)12-14-9-7-8-10-16(14)24-6-2/h7-10,12H,5-6,11H2,1-4H3/b15-12+. The summed E-state index contributed by atoms with van der Waals surface area (Å²) in [5, 5.41) is 0. The summed E-state index contributed by atoms with van der Waals surface area (Å²) in [6.07, 6.45) is 2.51. The number of ether oxygens (including phenoxy) is 2. The molecule has 5 heteroatoms. The normalized spacial score (nSPS) is 16.1. The van der Waals surface area contributed by atoms with Crippen LogP contribution in [-0.4, -0.2) is 37.0 Å². The van der Waals surface area contributed by atoms with E-state index in [1.807, 2.05) is 38.1 Å². The summed E-state index contributed by atoms with van der Waals surface area (Å²) >= 11 is 0. The van der Waals surface area contributed by atoms with Crippen LogP contribution in [0.1, 0.15) is 32.8 Å². The van der Waals surface area contributed by atoms with Gasteiger partial charge in [0.1, 0.15) is 5.75 Å². The van der Waals surface area contributed by atoms with Crippen molar-refractivity contribution in [3.8, 4) is 5.75 Å². The Morgan fingerprint density at radius 2 is 1.96 bits per heavy atom. The third kappa shape index (κ3) is 3.35. The first-order chi connectivity index (χ1) is 11.5. The number of benzene rings is 1. The Morgan fingerprint density at radius 3 is 2.58 bits per heavy atom. The lowest BCUT2D eigenvalue weighted by atomic mass is 10.0. The van der Waals surface area contributed by atoms with E-state index in [0.29, 0.717) is 35.7 Å². The van der Waals surface area contributed by atoms with Gasteiger partial charge in [-0.15, -0.1) is 0 Å². The SMILES string of the molecule is CCCN1C(=O)/C(=C/c2ccccc2OCC)C(C(=O)OC)=C1C. The van der Waals surface area contributed by atoms with Crippen molar-refractivity contribution in [1.29, 1.82) is 0 Å². The van der Waals surface area contributed by atoms with Crippen molar-refractivity contribution in [3.63, 3.8) is 0 Å². The van der Waals surface area contributed by atoms with E-state index < -0.39 is 5.97 Å². The minimum absolute atomic E-state index is 0.180. The van der Waals surface area contributed by atoms with Gasteiger partial charge in [-0.25, -0.2) is 4.79 Å². The highest BCUT2D eigenvalue weighted by atomic mass is 16.5. The molecule has 1 aliphatic heterocycles. The highest BCUT2D eigenvalue weighted by molar-refractivity contribution is 6.16. The zero-order valence-electron chi connectivity index (χ0n) is 14.6. The maximum atomic E-state index is 12.8. The average Bonchev–Trinajstić information content (AvgIpc) is 2.81. The summed E-state index contributed by atoms with van der Waals surface area (Å²) < 4.78 is 10.5. The second kappa shape index (κ2) is 7.81. The molecular formula is C19H23NO4. The maximum Gasteiger partial charge on any atom is 0.340 e. The molecule has 0 aromatic heterocycles. The number of esters is 1. The summed E-state index contributed by atoms with van der Waals surface area (Å²) in [6.45, 7) is 6.75. The van der Waals surface area contributed by atoms with Crippen molar-refractivity contribution in [2.45, 2.75) is 27.2 Å². The Labute approximate surface area is 142 Å². The fourth-order valence-electron chi connectivity index (χ4n) is 2.76. The third-order valence-corrected chi connectivity index (χ3v) is 3.87. The molecule has 1 amide bonds. The Kier molecular flexibility index (Phi) is 5.79. The predicted molar refractivity (Wildman–Crippen MR) is 92.3 cm³/mol. The summed E-state index contributed by atoms with van der Waals surface area (Å²) in [5.74, 6) is -0.00300. The van der Waals surface area contributed by atoms with Gasteiger partial charge in [0.2, 0.25) is 0 Å². The van der Waals surface area contributed by atoms with E-state index >= 15 is 0 Å². The van der Waals surface area contributed by atoms with Crippen molar-refractivity contribution >= 4 is 18.0 Å². The molecule has 0 fully saturated rings. The zero-order chi connectivity index (χ0) is 17.7. The number of carbonyl (C=O) groups excluding carboxylic acids is 2. The Balaban J connectivity index is 2.54. The quantitative estimate of drug-likeness (QED) is 0.594. The molecule has 1 heterocycles. The van der Waals surface area contributed by atoms with Crippen molar-refractivity contribution in [3.05, 3.63) is 46.7 Å². The fraction of sp³-hybridized carbons (Fsp3) is 0.368. The summed E-state index contributed by atoms with van der Waals surface area (Å²) in [5.41, 5.74) is 2.06. The van der Waals surface area contributed by atoms with Crippen molar-refractivity contribution in [1.82, 2.24) is 4.90 Å². The molecule has 0 unspecified atom stereocenters. The minimum Gasteiger partial charge on any atom is -0.493 e. The number of para-hydroxylation sites is 1. The number of nitrogens with zero attached hydrogens (tertiary/aromatic N) is 1. The van der Waals surface area contributed by atoms with Crippen LogP contribution in [0.3, 0.4) is 0 Å². The Hall–Kier alpha value is -2.56. The van der Waals surface area contributed by atoms with E-state index in [0.717, 1.165) is 12.0 Å². The molecular weight excluding hydrogens is 306 g/mol. The van der Waals surface area contributed by atoms with Gasteiger partial charge >= 0.3 is 5.97 Å². The van der Waals surface area contributed by atoms with Gasteiger partial charge in [0.25, 0.3) is 5.91 Å². The molecule has 128 valence electrons. The lowest BCUT2D eigenvalue weighted by Gasteiger charge is -2.16. The molecule has 0 saturated heterocycles. The van der Waals surface area contributed by atoms with Crippen LogP contribution < -0.4 is 4.74 Å². The van der Waals surface area contributed by atoms with Crippen LogP contribution >= 0.6 is 0 Å². The van der Waals surface area contributed by atoms with Gasteiger partial charge in [0.15, 0.2) is 0 Å². The van der Waals surface area contributed by atoms with Crippen molar-refractivity contribution in [2.75, 3.05) is 20.3 Å². The number of rotatable bonds is 6. The van der Waals surface area contributed by atoms with Gasteiger partial charge in [-0.1, -0.05) is 25.1 Å². The van der Waals surface area contributed by atoms with Crippen LogP contribution in [0.2, 0.25) is 0 Å². The topological polar surface area (TPSA) is 55.8 Å². The van der Waals surface area contributed by atoms with Gasteiger partial charge in [-0.2, -0.15) is 0 Å². The predicted octanol–water partition coefficient (Wildman–Crippen LogP) is 3.17. The first-order valence-corrected chi connectivity index (χ1v) is 8.10. The van der Waals surface area contributed by atoms with E-state index in [1.54, 1.807) is 17.9 Å². The number of amides is 1. The number of carbonyl (C=O) groups is 2. The van der Waals surface area contributed by atoms with E-state index in [2.05, 4.69) is 0 Å². The molecule has 2 rings (SSSR count). The van der Waals surface area contributed by atoms with Gasteiger partial charge in [0, 0.05) is 17.8 Å². The molecule has 1 aliphatic rings. The molecule has 0 bridgehead atoms. The van der Waals surface area contributed by atoms with Crippen molar-refractivity contribution in [2.24, 2.45) is 0 Å². The average molecular weight is 329 g/mol. The highest BCUT2D eigenvalue weighted by Gasteiger charge is 2.36. The molecule has 0 radical (unpaired) electrons.